The molecule has 7 nitrogen and oxygen atoms in total. The first kappa shape index (κ1) is 23.7. The smallest absolute Gasteiger partial charge is 0.259 e. The van der Waals surface area contributed by atoms with Gasteiger partial charge in [0.25, 0.3) is 11.8 Å². The number of carbonyl (C=O) groups is 2. The fourth-order valence-corrected chi connectivity index (χ4v) is 5.93. The van der Waals surface area contributed by atoms with Crippen LogP contribution in [-0.2, 0) is 20.9 Å². The summed E-state index contributed by atoms with van der Waals surface area (Å²) in [6, 6.07) is 12.0. The van der Waals surface area contributed by atoms with Crippen LogP contribution in [0.15, 0.2) is 57.7 Å². The van der Waals surface area contributed by atoms with Crippen molar-refractivity contribution >= 4 is 76.6 Å². The van der Waals surface area contributed by atoms with Crippen LogP contribution in [0.1, 0.15) is 17.5 Å². The Bertz CT molecular complexity index is 1550. The highest BCUT2D eigenvalue weighted by Crippen LogP contribution is 2.39. The third-order valence-corrected chi connectivity index (χ3v) is 7.92. The van der Waals surface area contributed by atoms with Gasteiger partial charge in [-0.3, -0.25) is 19.8 Å². The van der Waals surface area contributed by atoms with Gasteiger partial charge in [0.1, 0.15) is 0 Å². The molecule has 6 rings (SSSR count). The van der Waals surface area contributed by atoms with E-state index in [9.17, 15) is 9.59 Å². The number of benzene rings is 2. The number of hydrogen-bond acceptors (Lipinski definition) is 4. The summed E-state index contributed by atoms with van der Waals surface area (Å²) in [6.45, 7) is 5.30. The van der Waals surface area contributed by atoms with E-state index in [4.69, 9.17) is 4.74 Å². The second kappa shape index (κ2) is 9.63. The number of hydrogen-bond donors (Lipinski definition) is 2. The number of aromatic amines is 1. The molecule has 36 heavy (non-hydrogen) atoms. The largest absolute Gasteiger partial charge is 0.379 e. The molecule has 0 atom stereocenters. The highest BCUT2D eigenvalue weighted by atomic mass is 79.9. The molecule has 2 N–H and O–H groups in total. The van der Waals surface area contributed by atoms with Crippen LogP contribution in [0.3, 0.4) is 0 Å². The van der Waals surface area contributed by atoms with E-state index in [2.05, 4.69) is 57.7 Å². The van der Waals surface area contributed by atoms with E-state index >= 15 is 0 Å². The van der Waals surface area contributed by atoms with Crippen molar-refractivity contribution in [3.8, 4) is 0 Å². The zero-order valence-electron chi connectivity index (χ0n) is 19.4. The molecular weight excluding hydrogens is 588 g/mol. The molecule has 4 heterocycles. The monoisotopic (exact) mass is 610 g/mol. The van der Waals surface area contributed by atoms with Gasteiger partial charge in [-0.25, -0.2) is 0 Å². The average molecular weight is 612 g/mol. The van der Waals surface area contributed by atoms with Gasteiger partial charge in [-0.05, 0) is 42.8 Å². The molecule has 0 radical (unpaired) electrons. The summed E-state index contributed by atoms with van der Waals surface area (Å²) in [5, 5.41) is 4.37. The summed E-state index contributed by atoms with van der Waals surface area (Å²) in [5.41, 5.74) is 4.23. The number of H-pyrrole nitrogens is 1. The maximum atomic E-state index is 13.2. The van der Waals surface area contributed by atoms with E-state index in [1.54, 1.807) is 0 Å². The third-order valence-electron chi connectivity index (χ3n) is 6.93. The SMILES string of the molecule is O=C1NC(=O)C(c2cn(CCCN3CCOCC3)c3ccc(Br)cc23)=C1c1c[nH]c2ccc(Br)cc12. The van der Waals surface area contributed by atoms with E-state index < -0.39 is 0 Å². The number of fused-ring (bicyclic) bond motifs is 2. The Balaban J connectivity index is 1.45. The Morgan fingerprint density at radius 3 is 2.33 bits per heavy atom. The normalized spacial score (nSPS) is 17.1. The van der Waals surface area contributed by atoms with Crippen molar-refractivity contribution < 1.29 is 14.3 Å². The second-order valence-electron chi connectivity index (χ2n) is 9.13. The van der Waals surface area contributed by atoms with Gasteiger partial charge in [0.2, 0.25) is 0 Å². The van der Waals surface area contributed by atoms with E-state index in [0.717, 1.165) is 82.1 Å². The molecule has 1 saturated heterocycles. The highest BCUT2D eigenvalue weighted by molar-refractivity contribution is 9.10. The van der Waals surface area contributed by atoms with E-state index in [0.29, 0.717) is 16.7 Å². The van der Waals surface area contributed by atoms with E-state index in [1.807, 2.05) is 42.7 Å². The molecule has 1 fully saturated rings. The van der Waals surface area contributed by atoms with Crippen LogP contribution in [0.4, 0.5) is 0 Å². The minimum Gasteiger partial charge on any atom is -0.379 e. The molecule has 0 saturated carbocycles. The molecule has 4 aromatic rings. The van der Waals surface area contributed by atoms with Crippen LogP contribution in [0.2, 0.25) is 0 Å². The molecule has 9 heteroatoms. The summed E-state index contributed by atoms with van der Waals surface area (Å²) >= 11 is 7.12. The van der Waals surface area contributed by atoms with Crippen LogP contribution in [-0.4, -0.2) is 59.1 Å². The summed E-state index contributed by atoms with van der Waals surface area (Å²) in [7, 11) is 0. The zero-order valence-corrected chi connectivity index (χ0v) is 22.6. The highest BCUT2D eigenvalue weighted by Gasteiger charge is 2.35. The number of amides is 2. The molecule has 2 amide bonds. The lowest BCUT2D eigenvalue weighted by atomic mass is 9.95. The van der Waals surface area contributed by atoms with Crippen molar-refractivity contribution in [1.82, 2.24) is 19.8 Å². The number of aromatic nitrogens is 2. The first-order valence-corrected chi connectivity index (χ1v) is 13.5. The van der Waals surface area contributed by atoms with Crippen molar-refractivity contribution in [2.24, 2.45) is 0 Å². The maximum Gasteiger partial charge on any atom is 0.259 e. The van der Waals surface area contributed by atoms with Gasteiger partial charge >= 0.3 is 0 Å². The van der Waals surface area contributed by atoms with E-state index in [-0.39, 0.29) is 11.8 Å². The van der Waals surface area contributed by atoms with Crippen molar-refractivity contribution in [2.45, 2.75) is 13.0 Å². The standard InChI is InChI=1S/C27H24Br2N4O3/c28-16-2-4-22-18(12-16)20(14-30-22)24-25(27(35)31-26(24)34)21-15-33(23-5-3-17(29)13-19(21)23)7-1-6-32-8-10-36-11-9-32/h2-5,12-15,30H,1,6-11H2,(H,31,34,35). The van der Waals surface area contributed by atoms with Crippen LogP contribution in [0.5, 0.6) is 0 Å². The van der Waals surface area contributed by atoms with Crippen LogP contribution in [0, 0.1) is 0 Å². The van der Waals surface area contributed by atoms with Gasteiger partial charge < -0.3 is 14.3 Å². The lowest BCUT2D eigenvalue weighted by Crippen LogP contribution is -2.37. The Kier molecular flexibility index (Phi) is 6.33. The Morgan fingerprint density at radius 2 is 1.56 bits per heavy atom. The number of rotatable bonds is 6. The summed E-state index contributed by atoms with van der Waals surface area (Å²) < 4.78 is 9.49. The number of carbonyl (C=O) groups excluding carboxylic acids is 2. The average Bonchev–Trinajstić information content (AvgIpc) is 3.52. The van der Waals surface area contributed by atoms with Gasteiger partial charge in [0.05, 0.1) is 24.4 Å². The fraction of sp³-hybridized carbons (Fsp3) is 0.259. The fourth-order valence-electron chi connectivity index (χ4n) is 5.21. The summed E-state index contributed by atoms with van der Waals surface area (Å²) in [6.07, 6.45) is 4.81. The van der Waals surface area contributed by atoms with Crippen LogP contribution >= 0.6 is 31.9 Å². The molecule has 184 valence electrons. The number of nitrogens with zero attached hydrogens (tertiary/aromatic N) is 2. The molecule has 2 aromatic carbocycles. The number of imide groups is 1. The van der Waals surface area contributed by atoms with Crippen LogP contribution in [0.25, 0.3) is 33.0 Å². The lowest BCUT2D eigenvalue weighted by molar-refractivity contribution is -0.122. The van der Waals surface area contributed by atoms with E-state index in [1.165, 1.54) is 0 Å². The molecule has 0 spiro atoms. The topological polar surface area (TPSA) is 79.4 Å². The number of ether oxygens (including phenoxy) is 1. The van der Waals surface area contributed by atoms with Gasteiger partial charge in [-0.15, -0.1) is 0 Å². The Hall–Kier alpha value is -2.72. The molecule has 0 unspecified atom stereocenters. The summed E-state index contributed by atoms with van der Waals surface area (Å²) in [4.78, 5) is 32.0. The molecule has 2 aliphatic rings. The molecular formula is C27H24Br2N4O3. The second-order valence-corrected chi connectivity index (χ2v) is 11.0. The van der Waals surface area contributed by atoms with Crippen molar-refractivity contribution in [2.75, 3.05) is 32.8 Å². The lowest BCUT2D eigenvalue weighted by Gasteiger charge is -2.26. The maximum absolute atomic E-state index is 13.2. The number of halogens is 2. The van der Waals surface area contributed by atoms with Crippen molar-refractivity contribution in [1.29, 1.82) is 0 Å². The first-order valence-electron chi connectivity index (χ1n) is 12.0. The Labute approximate surface area is 224 Å². The van der Waals surface area contributed by atoms with Gasteiger partial charge in [0.15, 0.2) is 0 Å². The van der Waals surface area contributed by atoms with Crippen molar-refractivity contribution in [3.63, 3.8) is 0 Å². The molecule has 0 aliphatic carbocycles. The third kappa shape index (κ3) is 4.24. The van der Waals surface area contributed by atoms with Gasteiger partial charge in [0, 0.05) is 80.5 Å². The minimum absolute atomic E-state index is 0.369. The Morgan fingerprint density at radius 1 is 0.861 bits per heavy atom. The summed E-state index contributed by atoms with van der Waals surface area (Å²) in [5.74, 6) is -0.745. The first-order chi connectivity index (χ1) is 17.5. The number of nitrogens with one attached hydrogen (secondary N) is 2. The number of aryl methyl sites for hydroxylation is 1. The predicted molar refractivity (Wildman–Crippen MR) is 147 cm³/mol. The molecule has 2 aromatic heterocycles. The molecule has 2 aliphatic heterocycles. The zero-order chi connectivity index (χ0) is 24.8. The van der Waals surface area contributed by atoms with Crippen molar-refractivity contribution in [3.05, 3.63) is 68.9 Å². The van der Waals surface area contributed by atoms with Gasteiger partial charge in [-0.1, -0.05) is 31.9 Å². The minimum atomic E-state index is -0.376. The predicted octanol–water partition coefficient (Wildman–Crippen LogP) is 4.94. The number of morpholine rings is 1. The molecule has 0 bridgehead atoms. The quantitative estimate of drug-likeness (QED) is 0.303. The van der Waals surface area contributed by atoms with Gasteiger partial charge in [-0.2, -0.15) is 0 Å². The van der Waals surface area contributed by atoms with Crippen LogP contribution < -0.4 is 5.32 Å².